The Morgan fingerprint density at radius 1 is 1.33 bits per heavy atom. The van der Waals surface area contributed by atoms with E-state index < -0.39 is 0 Å². The van der Waals surface area contributed by atoms with Gasteiger partial charge in [0.2, 0.25) is 0 Å². The van der Waals surface area contributed by atoms with Crippen molar-refractivity contribution in [3.8, 4) is 5.75 Å². The van der Waals surface area contributed by atoms with Crippen LogP contribution in [0.25, 0.3) is 0 Å². The van der Waals surface area contributed by atoms with Crippen molar-refractivity contribution >= 4 is 18.3 Å². The highest BCUT2D eigenvalue weighted by Gasteiger charge is 2.06. The van der Waals surface area contributed by atoms with E-state index in [4.69, 9.17) is 4.74 Å². The molecular formula is C16H23ClN2O2. The minimum atomic E-state index is -0.0796. The van der Waals surface area contributed by atoms with Crippen molar-refractivity contribution in [2.75, 3.05) is 26.2 Å². The van der Waals surface area contributed by atoms with E-state index in [9.17, 15) is 4.79 Å². The van der Waals surface area contributed by atoms with Gasteiger partial charge < -0.3 is 15.4 Å². The van der Waals surface area contributed by atoms with Gasteiger partial charge >= 0.3 is 0 Å². The summed E-state index contributed by atoms with van der Waals surface area (Å²) in [5, 5.41) is 6.13. The first-order chi connectivity index (χ1) is 9.78. The number of halogens is 1. The lowest BCUT2D eigenvalue weighted by molar-refractivity contribution is -0.122. The molecule has 0 atom stereocenters. The third-order valence-corrected chi connectivity index (χ3v) is 3.37. The van der Waals surface area contributed by atoms with E-state index in [-0.39, 0.29) is 24.9 Å². The topological polar surface area (TPSA) is 50.4 Å². The molecule has 4 nitrogen and oxygen atoms in total. The zero-order chi connectivity index (χ0) is 14.2. The molecule has 5 heteroatoms. The average Bonchev–Trinajstić information content (AvgIpc) is 2.52. The molecule has 0 aliphatic carbocycles. The van der Waals surface area contributed by atoms with Crippen molar-refractivity contribution in [2.24, 2.45) is 0 Å². The van der Waals surface area contributed by atoms with Crippen LogP contribution in [0.5, 0.6) is 5.75 Å². The first kappa shape index (κ1) is 17.5. The van der Waals surface area contributed by atoms with Gasteiger partial charge in [-0.15, -0.1) is 12.4 Å². The van der Waals surface area contributed by atoms with Gasteiger partial charge in [-0.05, 0) is 37.1 Å². The molecule has 1 aromatic carbocycles. The second-order valence-corrected chi connectivity index (χ2v) is 4.88. The van der Waals surface area contributed by atoms with E-state index in [1.165, 1.54) is 11.1 Å². The van der Waals surface area contributed by atoms with E-state index in [0.29, 0.717) is 6.54 Å². The second kappa shape index (κ2) is 9.42. The monoisotopic (exact) mass is 310 g/mol. The summed E-state index contributed by atoms with van der Waals surface area (Å²) in [5.74, 6) is 0.655. The SMILES string of the molecule is CCc1ccc(OCC(=O)NCC2=CCNCC2)cc1.Cl. The molecule has 1 heterocycles. The van der Waals surface area contributed by atoms with Gasteiger partial charge in [-0.25, -0.2) is 0 Å². The zero-order valence-electron chi connectivity index (χ0n) is 12.4. The van der Waals surface area contributed by atoms with E-state index >= 15 is 0 Å². The Bertz CT molecular complexity index is 472. The smallest absolute Gasteiger partial charge is 0.258 e. The van der Waals surface area contributed by atoms with E-state index in [2.05, 4.69) is 23.6 Å². The fraction of sp³-hybridized carbons (Fsp3) is 0.438. The lowest BCUT2D eigenvalue weighted by atomic mass is 10.1. The summed E-state index contributed by atoms with van der Waals surface area (Å²) in [6, 6.07) is 7.85. The molecule has 1 aliphatic heterocycles. The van der Waals surface area contributed by atoms with Crippen molar-refractivity contribution in [1.82, 2.24) is 10.6 Å². The van der Waals surface area contributed by atoms with Crippen molar-refractivity contribution in [3.63, 3.8) is 0 Å². The maximum absolute atomic E-state index is 11.7. The van der Waals surface area contributed by atoms with Crippen LogP contribution in [0.15, 0.2) is 35.9 Å². The van der Waals surface area contributed by atoms with E-state index in [0.717, 1.165) is 31.7 Å². The second-order valence-electron chi connectivity index (χ2n) is 4.88. The number of hydrogen-bond donors (Lipinski definition) is 2. The summed E-state index contributed by atoms with van der Waals surface area (Å²) >= 11 is 0. The molecule has 1 amide bonds. The van der Waals surface area contributed by atoms with Gasteiger partial charge in [0.15, 0.2) is 6.61 Å². The molecule has 1 aliphatic rings. The summed E-state index contributed by atoms with van der Waals surface area (Å²) in [5.41, 5.74) is 2.55. The van der Waals surface area contributed by atoms with Crippen molar-refractivity contribution in [3.05, 3.63) is 41.5 Å². The quantitative estimate of drug-likeness (QED) is 0.791. The highest BCUT2D eigenvalue weighted by molar-refractivity contribution is 5.85. The number of carbonyl (C=O) groups excluding carboxylic acids is 1. The minimum Gasteiger partial charge on any atom is -0.484 e. The average molecular weight is 311 g/mol. The number of rotatable bonds is 6. The van der Waals surface area contributed by atoms with Crippen LogP contribution in [0.4, 0.5) is 0 Å². The van der Waals surface area contributed by atoms with E-state index in [1.54, 1.807) is 0 Å². The number of hydrogen-bond acceptors (Lipinski definition) is 3. The van der Waals surface area contributed by atoms with Crippen LogP contribution >= 0.6 is 12.4 Å². The molecule has 0 aromatic heterocycles. The largest absolute Gasteiger partial charge is 0.484 e. The summed E-state index contributed by atoms with van der Waals surface area (Å²) in [7, 11) is 0. The van der Waals surface area contributed by atoms with Crippen LogP contribution in [-0.2, 0) is 11.2 Å². The molecular weight excluding hydrogens is 288 g/mol. The summed E-state index contributed by atoms with van der Waals surface area (Å²) < 4.78 is 5.46. The number of nitrogens with one attached hydrogen (secondary N) is 2. The third-order valence-electron chi connectivity index (χ3n) is 3.37. The lowest BCUT2D eigenvalue weighted by Crippen LogP contribution is -2.32. The molecule has 0 fully saturated rings. The van der Waals surface area contributed by atoms with Gasteiger partial charge in [-0.2, -0.15) is 0 Å². The maximum atomic E-state index is 11.7. The highest BCUT2D eigenvalue weighted by atomic mass is 35.5. The highest BCUT2D eigenvalue weighted by Crippen LogP contribution is 2.12. The number of carbonyl (C=O) groups is 1. The molecule has 0 radical (unpaired) electrons. The normalized spacial score (nSPS) is 13.9. The van der Waals surface area contributed by atoms with Crippen LogP contribution in [0.1, 0.15) is 18.9 Å². The van der Waals surface area contributed by atoms with Gasteiger partial charge in [0.05, 0.1) is 0 Å². The van der Waals surface area contributed by atoms with E-state index in [1.807, 2.05) is 24.3 Å². The Morgan fingerprint density at radius 3 is 2.71 bits per heavy atom. The zero-order valence-corrected chi connectivity index (χ0v) is 13.2. The molecule has 2 N–H and O–H groups in total. The molecule has 0 unspecified atom stereocenters. The van der Waals surface area contributed by atoms with Gasteiger partial charge in [-0.3, -0.25) is 4.79 Å². The molecule has 1 aromatic rings. The van der Waals surface area contributed by atoms with Crippen LogP contribution in [0, 0.1) is 0 Å². The molecule has 0 bridgehead atoms. The summed E-state index contributed by atoms with van der Waals surface area (Å²) in [4.78, 5) is 11.7. The van der Waals surface area contributed by atoms with Crippen molar-refractivity contribution in [1.29, 1.82) is 0 Å². The van der Waals surface area contributed by atoms with Gasteiger partial charge in [0, 0.05) is 13.1 Å². The minimum absolute atomic E-state index is 0. The van der Waals surface area contributed by atoms with Gasteiger partial charge in [0.1, 0.15) is 5.75 Å². The fourth-order valence-corrected chi connectivity index (χ4v) is 2.06. The number of amides is 1. The Balaban J connectivity index is 0.00000220. The van der Waals surface area contributed by atoms with Crippen LogP contribution < -0.4 is 15.4 Å². The number of aryl methyl sites for hydroxylation is 1. The summed E-state index contributed by atoms with van der Waals surface area (Å²) in [6.45, 7) is 4.68. The van der Waals surface area contributed by atoms with Gasteiger partial charge in [0.25, 0.3) is 5.91 Å². The first-order valence-electron chi connectivity index (χ1n) is 7.15. The lowest BCUT2D eigenvalue weighted by Gasteiger charge is -2.14. The van der Waals surface area contributed by atoms with Crippen LogP contribution in [0.3, 0.4) is 0 Å². The molecule has 0 saturated carbocycles. The molecule has 21 heavy (non-hydrogen) atoms. The Hall–Kier alpha value is -1.52. The fourth-order valence-electron chi connectivity index (χ4n) is 2.06. The maximum Gasteiger partial charge on any atom is 0.258 e. The van der Waals surface area contributed by atoms with Crippen molar-refractivity contribution in [2.45, 2.75) is 19.8 Å². The Morgan fingerprint density at radius 2 is 2.10 bits per heavy atom. The Kier molecular flexibility index (Phi) is 7.87. The standard InChI is InChI=1S/C16H22N2O2.ClH/c1-2-13-3-5-15(6-4-13)20-12-16(19)18-11-14-7-9-17-10-8-14;/h3-7,17H,2,8-12H2,1H3,(H,18,19);1H. The summed E-state index contributed by atoms with van der Waals surface area (Å²) in [6.07, 6.45) is 4.14. The number of benzene rings is 1. The Labute approximate surface area is 132 Å². The predicted molar refractivity (Wildman–Crippen MR) is 87.1 cm³/mol. The first-order valence-corrected chi connectivity index (χ1v) is 7.15. The third kappa shape index (κ3) is 6.19. The number of ether oxygens (including phenoxy) is 1. The molecule has 0 saturated heterocycles. The van der Waals surface area contributed by atoms with Crippen molar-refractivity contribution < 1.29 is 9.53 Å². The van der Waals surface area contributed by atoms with Crippen LogP contribution in [0.2, 0.25) is 0 Å². The predicted octanol–water partition coefficient (Wildman–Crippen LogP) is 2.09. The molecule has 116 valence electrons. The molecule has 2 rings (SSSR count). The van der Waals surface area contributed by atoms with Gasteiger partial charge in [-0.1, -0.05) is 30.7 Å². The molecule has 0 spiro atoms. The van der Waals surface area contributed by atoms with Crippen LogP contribution in [-0.4, -0.2) is 32.1 Å².